The van der Waals surface area contributed by atoms with Crippen molar-refractivity contribution in [1.29, 1.82) is 0 Å². The van der Waals surface area contributed by atoms with Gasteiger partial charge in [-0.25, -0.2) is 5.43 Å². The predicted octanol–water partition coefficient (Wildman–Crippen LogP) is 2.72. The minimum absolute atomic E-state index is 0.0586. The van der Waals surface area contributed by atoms with Gasteiger partial charge >= 0.3 is 11.9 Å². The van der Waals surface area contributed by atoms with Crippen molar-refractivity contribution in [2.75, 3.05) is 13.2 Å². The monoisotopic (exact) mass is 495 g/mol. The maximum atomic E-state index is 13.2. The third kappa shape index (κ3) is 12.3. The highest BCUT2D eigenvalue weighted by molar-refractivity contribution is 6.37. The molecule has 0 saturated carbocycles. The lowest BCUT2D eigenvalue weighted by Gasteiger charge is -2.26. The van der Waals surface area contributed by atoms with Crippen LogP contribution in [0.1, 0.15) is 87.0 Å². The number of carbonyl (C=O) groups is 5. The molecule has 0 aromatic heterocycles. The van der Waals surface area contributed by atoms with Gasteiger partial charge in [0.2, 0.25) is 11.7 Å². The molecule has 9 nitrogen and oxygen atoms in total. The van der Waals surface area contributed by atoms with Gasteiger partial charge in [0.1, 0.15) is 0 Å². The van der Waals surface area contributed by atoms with Crippen LogP contribution in [0.2, 0.25) is 0 Å². The van der Waals surface area contributed by atoms with Crippen molar-refractivity contribution in [3.05, 3.63) is 0 Å². The Balaban J connectivity index is 2.93. The van der Waals surface area contributed by atoms with E-state index in [1.807, 2.05) is 48.5 Å². The van der Waals surface area contributed by atoms with Gasteiger partial charge in [0.05, 0.1) is 19.1 Å². The van der Waals surface area contributed by atoms with Gasteiger partial charge in [0.15, 0.2) is 5.78 Å². The summed E-state index contributed by atoms with van der Waals surface area (Å²) in [6.07, 6.45) is 1.78. The zero-order valence-electron chi connectivity index (χ0n) is 22.5. The zero-order valence-corrected chi connectivity index (χ0v) is 22.5. The van der Waals surface area contributed by atoms with Gasteiger partial charge in [-0.05, 0) is 42.9 Å². The average Bonchev–Trinajstić information content (AvgIpc) is 2.72. The van der Waals surface area contributed by atoms with Crippen molar-refractivity contribution >= 4 is 29.4 Å². The molecule has 1 fully saturated rings. The Hall–Kier alpha value is -2.29. The Bertz CT molecular complexity index is 757. The second-order valence-electron chi connectivity index (χ2n) is 11.7. The molecule has 35 heavy (non-hydrogen) atoms. The maximum absolute atomic E-state index is 13.2. The Labute approximate surface area is 209 Å². The first-order chi connectivity index (χ1) is 16.2. The van der Waals surface area contributed by atoms with E-state index in [4.69, 9.17) is 4.74 Å². The molecular weight excluding hydrogens is 450 g/mol. The summed E-state index contributed by atoms with van der Waals surface area (Å²) in [5.41, 5.74) is 4.84. The number of Topliss-reactive ketones (excluding diaryl/α,β-unsaturated/α-hetero) is 2. The number of hydrogen-bond acceptors (Lipinski definition) is 7. The van der Waals surface area contributed by atoms with Crippen LogP contribution in [0.3, 0.4) is 0 Å². The van der Waals surface area contributed by atoms with Crippen LogP contribution in [-0.4, -0.2) is 48.5 Å². The number of hydrogen-bond donors (Lipinski definition) is 3. The lowest BCUT2D eigenvalue weighted by molar-refractivity contribution is -0.149. The van der Waals surface area contributed by atoms with Crippen LogP contribution in [0.25, 0.3) is 0 Å². The molecule has 200 valence electrons. The van der Waals surface area contributed by atoms with E-state index in [1.165, 1.54) is 0 Å². The highest BCUT2D eigenvalue weighted by atomic mass is 16.5. The van der Waals surface area contributed by atoms with Gasteiger partial charge in [-0.15, -0.1) is 0 Å². The number of ketones is 2. The number of esters is 1. The molecule has 3 atom stereocenters. The fourth-order valence-corrected chi connectivity index (χ4v) is 3.98. The number of hydrazine groups is 1. The first-order valence-electron chi connectivity index (χ1n) is 12.7. The van der Waals surface area contributed by atoms with Crippen molar-refractivity contribution in [3.8, 4) is 0 Å². The molecule has 3 unspecified atom stereocenters. The molecule has 3 N–H and O–H groups in total. The summed E-state index contributed by atoms with van der Waals surface area (Å²) in [5, 5.41) is 2.85. The minimum atomic E-state index is -0.790. The van der Waals surface area contributed by atoms with Crippen molar-refractivity contribution in [2.24, 2.45) is 29.1 Å². The van der Waals surface area contributed by atoms with E-state index in [-0.39, 0.29) is 48.4 Å². The standard InChI is InChI=1S/C26H45N3O6/c1-16(2)11-19(14-22(31)35-15-26(5,6)7)24(33)28-20(12-17(3)4)21(30)13-18-9-8-10-27-29-25(34)23(18)32/h16-20,27H,8-15H2,1-7H3,(H,28,33)(H,29,34). The first kappa shape index (κ1) is 30.7. The smallest absolute Gasteiger partial charge is 0.306 e. The van der Waals surface area contributed by atoms with E-state index in [1.54, 1.807) is 0 Å². The van der Waals surface area contributed by atoms with Crippen LogP contribution in [0, 0.1) is 29.1 Å². The van der Waals surface area contributed by atoms with E-state index < -0.39 is 35.5 Å². The summed E-state index contributed by atoms with van der Waals surface area (Å²) in [7, 11) is 0. The fourth-order valence-electron chi connectivity index (χ4n) is 3.98. The summed E-state index contributed by atoms with van der Waals surface area (Å²) in [5.74, 6) is -3.50. The van der Waals surface area contributed by atoms with Crippen molar-refractivity contribution < 1.29 is 28.7 Å². The van der Waals surface area contributed by atoms with E-state index in [0.29, 0.717) is 32.2 Å². The van der Waals surface area contributed by atoms with E-state index in [0.717, 1.165) is 0 Å². The molecule has 0 aromatic rings. The Kier molecular flexibility index (Phi) is 12.6. The third-order valence-electron chi connectivity index (χ3n) is 5.72. The second kappa shape index (κ2) is 14.3. The topological polar surface area (TPSA) is 131 Å². The summed E-state index contributed by atoms with van der Waals surface area (Å²) in [6.45, 7) is 14.5. The summed E-state index contributed by atoms with van der Waals surface area (Å²) in [4.78, 5) is 63.2. The quantitative estimate of drug-likeness (QED) is 0.280. The van der Waals surface area contributed by atoms with Gasteiger partial charge in [-0.2, -0.15) is 0 Å². The molecule has 0 spiro atoms. The summed E-state index contributed by atoms with van der Waals surface area (Å²) < 4.78 is 5.36. The van der Waals surface area contributed by atoms with Crippen LogP contribution in [-0.2, 0) is 28.7 Å². The number of amides is 2. The summed E-state index contributed by atoms with van der Waals surface area (Å²) >= 11 is 0. The van der Waals surface area contributed by atoms with Crippen molar-refractivity contribution in [1.82, 2.24) is 16.2 Å². The fraction of sp³-hybridized carbons (Fsp3) is 0.808. The first-order valence-corrected chi connectivity index (χ1v) is 12.7. The third-order valence-corrected chi connectivity index (χ3v) is 5.72. The molecular formula is C26H45N3O6. The second-order valence-corrected chi connectivity index (χ2v) is 11.7. The van der Waals surface area contributed by atoms with Gasteiger partial charge in [-0.3, -0.25) is 29.4 Å². The number of rotatable bonds is 12. The molecule has 1 saturated heterocycles. The Morgan fingerprint density at radius 3 is 2.26 bits per heavy atom. The lowest BCUT2D eigenvalue weighted by atomic mass is 9.87. The molecule has 1 rings (SSSR count). The Morgan fingerprint density at radius 2 is 1.69 bits per heavy atom. The molecule has 0 aromatic carbocycles. The predicted molar refractivity (Wildman–Crippen MR) is 133 cm³/mol. The molecule has 9 heteroatoms. The van der Waals surface area contributed by atoms with Crippen LogP contribution in [0.15, 0.2) is 0 Å². The minimum Gasteiger partial charge on any atom is -0.465 e. The molecule has 1 heterocycles. The molecule has 0 bridgehead atoms. The van der Waals surface area contributed by atoms with Crippen LogP contribution in [0.4, 0.5) is 0 Å². The van der Waals surface area contributed by atoms with Crippen LogP contribution >= 0.6 is 0 Å². The molecule has 0 radical (unpaired) electrons. The normalized spacial score (nSPS) is 18.9. The van der Waals surface area contributed by atoms with Gasteiger partial charge in [0, 0.05) is 24.8 Å². The number of carbonyl (C=O) groups excluding carboxylic acids is 5. The number of nitrogens with one attached hydrogen (secondary N) is 3. The number of ether oxygens (including phenoxy) is 1. The highest BCUT2D eigenvalue weighted by Gasteiger charge is 2.33. The van der Waals surface area contributed by atoms with E-state index in [9.17, 15) is 24.0 Å². The molecule has 1 aliphatic rings. The maximum Gasteiger partial charge on any atom is 0.306 e. The van der Waals surface area contributed by atoms with Gasteiger partial charge < -0.3 is 10.1 Å². The highest BCUT2D eigenvalue weighted by Crippen LogP contribution is 2.21. The van der Waals surface area contributed by atoms with E-state index in [2.05, 4.69) is 16.2 Å². The zero-order chi connectivity index (χ0) is 26.8. The van der Waals surface area contributed by atoms with Crippen molar-refractivity contribution in [2.45, 2.75) is 93.0 Å². The van der Waals surface area contributed by atoms with Crippen LogP contribution < -0.4 is 16.2 Å². The van der Waals surface area contributed by atoms with Crippen molar-refractivity contribution in [3.63, 3.8) is 0 Å². The lowest BCUT2D eigenvalue weighted by Crippen LogP contribution is -2.48. The molecule has 2 amide bonds. The summed E-state index contributed by atoms with van der Waals surface area (Å²) in [6, 6.07) is -0.790. The van der Waals surface area contributed by atoms with Gasteiger partial charge in [-0.1, -0.05) is 48.5 Å². The SMILES string of the molecule is CC(C)CC(CC(=O)OCC(C)(C)C)C(=O)NC(CC(C)C)C(=O)CC1CCCNNC(=O)C1=O. The molecule has 0 aliphatic carbocycles. The average molecular weight is 496 g/mol. The Morgan fingerprint density at radius 1 is 1.06 bits per heavy atom. The van der Waals surface area contributed by atoms with E-state index >= 15 is 0 Å². The molecule has 1 aliphatic heterocycles. The van der Waals surface area contributed by atoms with Crippen LogP contribution in [0.5, 0.6) is 0 Å². The van der Waals surface area contributed by atoms with Gasteiger partial charge in [0.25, 0.3) is 0 Å². The largest absolute Gasteiger partial charge is 0.465 e.